The summed E-state index contributed by atoms with van der Waals surface area (Å²) in [5.41, 5.74) is 2.72. The first kappa shape index (κ1) is 22.9. The molecule has 0 bridgehead atoms. The van der Waals surface area contributed by atoms with Crippen LogP contribution < -0.4 is 9.47 Å². The maximum absolute atomic E-state index is 11.1. The van der Waals surface area contributed by atoms with Crippen molar-refractivity contribution in [3.05, 3.63) is 70.5 Å². The molecule has 1 N–H and O–H groups in total. The topological polar surface area (TPSA) is 94.7 Å². The van der Waals surface area contributed by atoms with Crippen molar-refractivity contribution in [3.63, 3.8) is 0 Å². The second-order valence-electron chi connectivity index (χ2n) is 7.35. The van der Waals surface area contributed by atoms with E-state index in [1.54, 1.807) is 30.5 Å². The number of hydrogen-bond acceptors (Lipinski definition) is 6. The molecule has 2 aromatic heterocycles. The van der Waals surface area contributed by atoms with Gasteiger partial charge in [-0.2, -0.15) is 0 Å². The number of carboxylic acid groups (broad SMARTS) is 1. The molecule has 9 heteroatoms. The lowest BCUT2D eigenvalue weighted by Crippen LogP contribution is -2.22. The van der Waals surface area contributed by atoms with E-state index in [9.17, 15) is 4.79 Å². The molecule has 0 aliphatic carbocycles. The predicted molar refractivity (Wildman–Crippen MR) is 125 cm³/mol. The first-order valence-electron chi connectivity index (χ1n) is 10.2. The molecule has 4 rings (SSSR count). The van der Waals surface area contributed by atoms with Crippen LogP contribution in [0.1, 0.15) is 19.0 Å². The molecule has 0 unspecified atom stereocenters. The smallest absolute Gasteiger partial charge is 0.344 e. The van der Waals surface area contributed by atoms with Gasteiger partial charge in [0.2, 0.25) is 0 Å². The van der Waals surface area contributed by atoms with Gasteiger partial charge in [0.15, 0.2) is 11.7 Å². The minimum absolute atomic E-state index is 0.243. The maximum atomic E-state index is 11.1. The van der Waals surface area contributed by atoms with Crippen molar-refractivity contribution in [1.82, 2.24) is 10.1 Å². The molecule has 0 saturated heterocycles. The number of pyridine rings is 1. The zero-order valence-corrected chi connectivity index (χ0v) is 19.1. The average molecular weight is 487 g/mol. The van der Waals surface area contributed by atoms with Gasteiger partial charge >= 0.3 is 5.97 Å². The molecule has 0 saturated carbocycles. The fourth-order valence-corrected chi connectivity index (χ4v) is 3.49. The Kier molecular flexibility index (Phi) is 7.01. The van der Waals surface area contributed by atoms with Gasteiger partial charge in [-0.3, -0.25) is 4.98 Å². The summed E-state index contributed by atoms with van der Waals surface area (Å²) in [5, 5.41) is 14.8. The van der Waals surface area contributed by atoms with E-state index in [0.29, 0.717) is 28.3 Å². The molecule has 0 aliphatic rings. The Hall–Kier alpha value is -3.29. The Morgan fingerprint density at radius 2 is 1.94 bits per heavy atom. The molecule has 1 atom stereocenters. The number of aromatic nitrogens is 2. The number of nitrogens with zero attached hydrogens (tertiary/aromatic N) is 2. The quantitative estimate of drug-likeness (QED) is 0.287. The Labute approximate surface area is 199 Å². The van der Waals surface area contributed by atoms with Gasteiger partial charge in [-0.05, 0) is 62.2 Å². The van der Waals surface area contributed by atoms with E-state index in [4.69, 9.17) is 42.3 Å². The molecule has 33 heavy (non-hydrogen) atoms. The van der Waals surface area contributed by atoms with Gasteiger partial charge in [0.25, 0.3) is 0 Å². The van der Waals surface area contributed by atoms with Crippen molar-refractivity contribution in [3.8, 4) is 22.8 Å². The summed E-state index contributed by atoms with van der Waals surface area (Å²) >= 11 is 12.1. The summed E-state index contributed by atoms with van der Waals surface area (Å²) in [4.78, 5) is 15.6. The van der Waals surface area contributed by atoms with Gasteiger partial charge in [-0.25, -0.2) is 4.79 Å². The van der Waals surface area contributed by atoms with Crippen LogP contribution >= 0.6 is 23.2 Å². The second-order valence-corrected chi connectivity index (χ2v) is 8.20. The highest BCUT2D eigenvalue weighted by atomic mass is 35.5. The lowest BCUT2D eigenvalue weighted by Gasteiger charge is -2.11. The van der Waals surface area contributed by atoms with E-state index in [1.807, 2.05) is 24.3 Å². The largest absolute Gasteiger partial charge is 0.494 e. The van der Waals surface area contributed by atoms with Gasteiger partial charge in [-0.15, -0.1) is 0 Å². The lowest BCUT2D eigenvalue weighted by atomic mass is 10.1. The van der Waals surface area contributed by atoms with Crippen molar-refractivity contribution in [2.45, 2.75) is 25.9 Å². The van der Waals surface area contributed by atoms with Crippen LogP contribution in [0.25, 0.3) is 22.2 Å². The number of carbonyl (C=O) groups is 1. The number of benzene rings is 2. The number of halogens is 2. The molecule has 2 heterocycles. The number of aryl methyl sites for hydroxylation is 1. The van der Waals surface area contributed by atoms with Gasteiger partial charge < -0.3 is 19.1 Å². The van der Waals surface area contributed by atoms with Crippen molar-refractivity contribution < 1.29 is 23.9 Å². The fraction of sp³-hybridized carbons (Fsp3) is 0.208. The van der Waals surface area contributed by atoms with Crippen LogP contribution in [0.2, 0.25) is 10.0 Å². The molecule has 170 valence electrons. The number of rotatable bonds is 9. The molecule has 0 amide bonds. The van der Waals surface area contributed by atoms with Crippen LogP contribution in [0.3, 0.4) is 0 Å². The number of aliphatic carboxylic acids is 1. The van der Waals surface area contributed by atoms with Crippen LogP contribution in [0.15, 0.2) is 59.3 Å². The van der Waals surface area contributed by atoms with E-state index in [-0.39, 0.29) is 10.8 Å². The summed E-state index contributed by atoms with van der Waals surface area (Å²) in [6, 6.07) is 14.3. The van der Waals surface area contributed by atoms with E-state index < -0.39 is 12.1 Å². The van der Waals surface area contributed by atoms with Crippen molar-refractivity contribution in [2.24, 2.45) is 0 Å². The summed E-state index contributed by atoms with van der Waals surface area (Å²) in [6.07, 6.45) is 2.24. The molecule has 0 spiro atoms. The van der Waals surface area contributed by atoms with Crippen molar-refractivity contribution in [2.75, 3.05) is 6.61 Å². The fourth-order valence-electron chi connectivity index (χ4n) is 3.17. The standard InChI is InChI=1S/C24H20Cl2N2O5/c1-14(24(29)30)32-22-11-19-21(12-20(22)26)33-28-23(19)15-4-7-17(27-13-15)3-2-10-31-18-8-5-16(25)6-9-18/h4-9,11-14H,2-3,10H2,1H3,(H,29,30)/t14-/m0/s1. The second kappa shape index (κ2) is 10.1. The number of carboxylic acids is 1. The molecular formula is C24H20Cl2N2O5. The molecule has 7 nitrogen and oxygen atoms in total. The van der Waals surface area contributed by atoms with Crippen LogP contribution in [-0.2, 0) is 11.2 Å². The third-order valence-electron chi connectivity index (χ3n) is 4.93. The van der Waals surface area contributed by atoms with E-state index >= 15 is 0 Å². The van der Waals surface area contributed by atoms with Crippen molar-refractivity contribution >= 4 is 40.1 Å². The molecule has 4 aromatic rings. The first-order valence-corrected chi connectivity index (χ1v) is 11.0. The lowest BCUT2D eigenvalue weighted by molar-refractivity contribution is -0.144. The Morgan fingerprint density at radius 3 is 2.64 bits per heavy atom. The van der Waals surface area contributed by atoms with Gasteiger partial charge in [-0.1, -0.05) is 28.4 Å². The van der Waals surface area contributed by atoms with E-state index in [0.717, 1.165) is 29.8 Å². The normalized spacial score (nSPS) is 12.0. The Balaban J connectivity index is 1.43. The monoisotopic (exact) mass is 486 g/mol. The molecular weight excluding hydrogens is 467 g/mol. The highest BCUT2D eigenvalue weighted by molar-refractivity contribution is 6.33. The Bertz CT molecular complexity index is 1260. The molecule has 0 aliphatic heterocycles. The Morgan fingerprint density at radius 1 is 1.15 bits per heavy atom. The average Bonchev–Trinajstić information content (AvgIpc) is 3.21. The van der Waals surface area contributed by atoms with Crippen molar-refractivity contribution in [1.29, 1.82) is 0 Å². The summed E-state index contributed by atoms with van der Waals surface area (Å²) in [6.45, 7) is 2.00. The molecule has 2 aromatic carbocycles. The third-order valence-corrected chi connectivity index (χ3v) is 5.48. The summed E-state index contributed by atoms with van der Waals surface area (Å²) < 4.78 is 16.6. The zero-order chi connectivity index (χ0) is 23.4. The number of fused-ring (bicyclic) bond motifs is 1. The van der Waals surface area contributed by atoms with Gasteiger partial charge in [0.1, 0.15) is 17.2 Å². The highest BCUT2D eigenvalue weighted by Crippen LogP contribution is 2.36. The predicted octanol–water partition coefficient (Wildman–Crippen LogP) is 6.06. The van der Waals surface area contributed by atoms with Crippen LogP contribution in [0.5, 0.6) is 11.5 Å². The zero-order valence-electron chi connectivity index (χ0n) is 17.6. The first-order chi connectivity index (χ1) is 15.9. The van der Waals surface area contributed by atoms with E-state index in [2.05, 4.69) is 10.1 Å². The highest BCUT2D eigenvalue weighted by Gasteiger charge is 2.18. The number of hydrogen-bond donors (Lipinski definition) is 1. The van der Waals surface area contributed by atoms with E-state index in [1.165, 1.54) is 6.92 Å². The minimum Gasteiger partial charge on any atom is -0.494 e. The minimum atomic E-state index is -1.09. The molecule has 0 radical (unpaired) electrons. The van der Waals surface area contributed by atoms with Crippen LogP contribution in [-0.4, -0.2) is 33.9 Å². The summed E-state index contributed by atoms with van der Waals surface area (Å²) in [7, 11) is 0. The number of ether oxygens (including phenoxy) is 2. The van der Waals surface area contributed by atoms with Crippen LogP contribution in [0.4, 0.5) is 0 Å². The van der Waals surface area contributed by atoms with Crippen LogP contribution in [0, 0.1) is 0 Å². The van der Waals surface area contributed by atoms with Gasteiger partial charge in [0.05, 0.1) is 17.0 Å². The molecule has 0 fully saturated rings. The van der Waals surface area contributed by atoms with Gasteiger partial charge in [0, 0.05) is 28.5 Å². The SMILES string of the molecule is C[C@H](Oc1cc2c(-c3ccc(CCCOc4ccc(Cl)cc4)nc3)noc2cc1Cl)C(=O)O. The third kappa shape index (κ3) is 5.56. The summed E-state index contributed by atoms with van der Waals surface area (Å²) in [5.74, 6) is -0.0642. The maximum Gasteiger partial charge on any atom is 0.344 e.